The molecule has 0 unspecified atom stereocenters. The van der Waals surface area contributed by atoms with Gasteiger partial charge in [-0.2, -0.15) is 5.10 Å². The van der Waals surface area contributed by atoms with Crippen molar-refractivity contribution in [1.82, 2.24) is 24.6 Å². The van der Waals surface area contributed by atoms with Gasteiger partial charge in [0.15, 0.2) is 11.5 Å². The number of nitrogens with zero attached hydrogens (tertiary/aromatic N) is 5. The van der Waals surface area contributed by atoms with Gasteiger partial charge in [0.1, 0.15) is 17.5 Å². The topological polar surface area (TPSA) is 63.9 Å². The first-order valence-electron chi connectivity index (χ1n) is 6.05. The molecule has 2 aromatic heterocycles. The van der Waals surface area contributed by atoms with Gasteiger partial charge in [-0.25, -0.2) is 23.4 Å². The van der Waals surface area contributed by atoms with Gasteiger partial charge in [0, 0.05) is 12.6 Å². The van der Waals surface area contributed by atoms with Crippen LogP contribution in [0.15, 0.2) is 12.3 Å². The van der Waals surface area contributed by atoms with Gasteiger partial charge >= 0.3 is 0 Å². The first-order chi connectivity index (χ1) is 9.54. The number of aromatic nitrogens is 4. The van der Waals surface area contributed by atoms with Gasteiger partial charge in [-0.15, -0.1) is 0 Å². The maximum absolute atomic E-state index is 13.6. The zero-order chi connectivity index (χ0) is 14.3. The third kappa shape index (κ3) is 2.13. The van der Waals surface area contributed by atoms with Gasteiger partial charge in [-0.05, 0) is 6.92 Å². The van der Waals surface area contributed by atoms with Crippen molar-refractivity contribution in [3.63, 3.8) is 0 Å². The minimum Gasteiger partial charge on any atom is -0.328 e. The lowest BCUT2D eigenvalue weighted by molar-refractivity contribution is 0.0691. The summed E-state index contributed by atoms with van der Waals surface area (Å²) in [6.45, 7) is 2.87. The number of carbonyl (C=O) groups excluding carboxylic acids is 1. The predicted molar refractivity (Wildman–Crippen MR) is 63.7 cm³/mol. The van der Waals surface area contributed by atoms with Crippen molar-refractivity contribution in [3.8, 4) is 0 Å². The van der Waals surface area contributed by atoms with Crippen LogP contribution in [0.2, 0.25) is 0 Å². The smallest absolute Gasteiger partial charge is 0.275 e. The van der Waals surface area contributed by atoms with E-state index in [0.29, 0.717) is 30.8 Å². The highest BCUT2D eigenvalue weighted by Gasteiger charge is 2.26. The predicted octanol–water partition coefficient (Wildman–Crippen LogP) is 0.916. The zero-order valence-corrected chi connectivity index (χ0v) is 10.7. The molecule has 104 valence electrons. The molecule has 0 N–H and O–H groups in total. The van der Waals surface area contributed by atoms with Crippen LogP contribution in [0.1, 0.15) is 22.1 Å². The molecule has 6 nitrogen and oxygen atoms in total. The fourth-order valence-corrected chi connectivity index (χ4v) is 2.16. The largest absolute Gasteiger partial charge is 0.328 e. The van der Waals surface area contributed by atoms with Gasteiger partial charge in [0.2, 0.25) is 0 Å². The zero-order valence-electron chi connectivity index (χ0n) is 10.7. The van der Waals surface area contributed by atoms with Crippen LogP contribution in [-0.2, 0) is 13.1 Å². The molecule has 3 rings (SSSR count). The van der Waals surface area contributed by atoms with E-state index in [1.54, 1.807) is 11.6 Å². The summed E-state index contributed by atoms with van der Waals surface area (Å²) in [4.78, 5) is 21.3. The molecule has 0 aliphatic carbocycles. The number of hydrogen-bond donors (Lipinski definition) is 0. The minimum atomic E-state index is -0.960. The second-order valence-electron chi connectivity index (χ2n) is 4.51. The molecular weight excluding hydrogens is 268 g/mol. The average molecular weight is 279 g/mol. The van der Waals surface area contributed by atoms with Crippen molar-refractivity contribution < 1.29 is 13.6 Å². The van der Waals surface area contributed by atoms with Crippen molar-refractivity contribution in [2.24, 2.45) is 0 Å². The summed E-state index contributed by atoms with van der Waals surface area (Å²) in [5, 5.41) is 4.18. The molecule has 0 fully saturated rings. The Balaban J connectivity index is 1.85. The van der Waals surface area contributed by atoms with Crippen LogP contribution in [0, 0.1) is 18.6 Å². The van der Waals surface area contributed by atoms with Crippen LogP contribution in [0.25, 0.3) is 0 Å². The first kappa shape index (κ1) is 12.6. The highest BCUT2D eigenvalue weighted by molar-refractivity contribution is 5.92. The molecule has 1 aliphatic rings. The van der Waals surface area contributed by atoms with Gasteiger partial charge in [-0.1, -0.05) is 0 Å². The molecule has 3 heterocycles. The van der Waals surface area contributed by atoms with E-state index < -0.39 is 17.5 Å². The van der Waals surface area contributed by atoms with E-state index in [2.05, 4.69) is 15.1 Å². The molecule has 0 saturated heterocycles. The molecule has 2 aromatic rings. The second kappa shape index (κ2) is 4.62. The molecule has 0 saturated carbocycles. The fraction of sp³-hybridized carbons (Fsp3) is 0.333. The van der Waals surface area contributed by atoms with Crippen LogP contribution in [-0.4, -0.2) is 37.1 Å². The lowest BCUT2D eigenvalue weighted by Gasteiger charge is -2.26. The Kier molecular flexibility index (Phi) is 2.92. The Labute approximate surface area is 113 Å². The van der Waals surface area contributed by atoms with Crippen LogP contribution in [0.5, 0.6) is 0 Å². The molecule has 0 spiro atoms. The first-order valence-corrected chi connectivity index (χ1v) is 6.05. The van der Waals surface area contributed by atoms with Crippen LogP contribution < -0.4 is 0 Å². The second-order valence-corrected chi connectivity index (χ2v) is 4.51. The van der Waals surface area contributed by atoms with Crippen LogP contribution in [0.4, 0.5) is 8.78 Å². The maximum atomic E-state index is 13.6. The summed E-state index contributed by atoms with van der Waals surface area (Å²) in [6.07, 6.45) is 0.826. The molecular formula is C12H11F2N5O. The van der Waals surface area contributed by atoms with Gasteiger partial charge in [0.25, 0.3) is 5.91 Å². The SMILES string of the molecule is Cc1nc2n(n1)CCN(C(=O)c1ncc(F)cc1F)C2. The summed E-state index contributed by atoms with van der Waals surface area (Å²) in [7, 11) is 0. The molecule has 0 radical (unpaired) electrons. The van der Waals surface area contributed by atoms with Crippen molar-refractivity contribution in [2.45, 2.75) is 20.0 Å². The molecule has 0 atom stereocenters. The molecule has 1 aliphatic heterocycles. The summed E-state index contributed by atoms with van der Waals surface area (Å²) in [5.74, 6) is -1.08. The Morgan fingerprint density at radius 1 is 1.35 bits per heavy atom. The summed E-state index contributed by atoms with van der Waals surface area (Å²) < 4.78 is 28.1. The quantitative estimate of drug-likeness (QED) is 0.778. The molecule has 0 aromatic carbocycles. The van der Waals surface area contributed by atoms with Gasteiger partial charge in [-0.3, -0.25) is 4.79 Å². The lowest BCUT2D eigenvalue weighted by atomic mass is 10.2. The van der Waals surface area contributed by atoms with Crippen LogP contribution in [0.3, 0.4) is 0 Å². The Morgan fingerprint density at radius 3 is 2.90 bits per heavy atom. The highest BCUT2D eigenvalue weighted by atomic mass is 19.1. The maximum Gasteiger partial charge on any atom is 0.275 e. The van der Waals surface area contributed by atoms with E-state index in [4.69, 9.17) is 0 Å². The Bertz CT molecular complexity index is 684. The van der Waals surface area contributed by atoms with Gasteiger partial charge in [0.05, 0.1) is 19.3 Å². The van der Waals surface area contributed by atoms with E-state index in [-0.39, 0.29) is 12.2 Å². The van der Waals surface area contributed by atoms with Crippen molar-refractivity contribution in [2.75, 3.05) is 6.54 Å². The summed E-state index contributed by atoms with van der Waals surface area (Å²) in [5.41, 5.74) is -0.379. The van der Waals surface area contributed by atoms with E-state index in [0.717, 1.165) is 6.20 Å². The van der Waals surface area contributed by atoms with Crippen molar-refractivity contribution in [3.05, 3.63) is 41.2 Å². The summed E-state index contributed by atoms with van der Waals surface area (Å²) in [6, 6.07) is 0.650. The minimum absolute atomic E-state index is 0.234. The van der Waals surface area contributed by atoms with E-state index in [1.807, 2.05) is 0 Å². The van der Waals surface area contributed by atoms with E-state index >= 15 is 0 Å². The van der Waals surface area contributed by atoms with E-state index in [1.165, 1.54) is 4.90 Å². The van der Waals surface area contributed by atoms with Gasteiger partial charge < -0.3 is 4.90 Å². The Hall–Kier alpha value is -2.38. The number of fused-ring (bicyclic) bond motifs is 1. The number of amides is 1. The normalized spacial score (nSPS) is 14.2. The number of halogens is 2. The number of hydrogen-bond acceptors (Lipinski definition) is 4. The van der Waals surface area contributed by atoms with Crippen molar-refractivity contribution >= 4 is 5.91 Å². The number of carbonyl (C=O) groups is 1. The van der Waals surface area contributed by atoms with E-state index in [9.17, 15) is 13.6 Å². The standard InChI is InChI=1S/C12H11F2N5O/c1-7-16-10-6-18(2-3-19(10)17-7)12(20)11-9(14)4-8(13)5-15-11/h4-5H,2-3,6H2,1H3. The molecule has 1 amide bonds. The lowest BCUT2D eigenvalue weighted by Crippen LogP contribution is -2.39. The molecule has 8 heteroatoms. The fourth-order valence-electron chi connectivity index (χ4n) is 2.16. The van der Waals surface area contributed by atoms with Crippen molar-refractivity contribution in [1.29, 1.82) is 0 Å². The number of aryl methyl sites for hydroxylation is 1. The van der Waals surface area contributed by atoms with Crippen LogP contribution >= 0.6 is 0 Å². The summed E-state index contributed by atoms with van der Waals surface area (Å²) >= 11 is 0. The molecule has 0 bridgehead atoms. The number of rotatable bonds is 1. The third-order valence-electron chi connectivity index (χ3n) is 3.07. The average Bonchev–Trinajstić information content (AvgIpc) is 2.77. The third-order valence-corrected chi connectivity index (χ3v) is 3.07. The Morgan fingerprint density at radius 2 is 2.15 bits per heavy atom. The monoisotopic (exact) mass is 279 g/mol. The number of pyridine rings is 1. The molecule has 20 heavy (non-hydrogen) atoms. The highest BCUT2D eigenvalue weighted by Crippen LogP contribution is 2.15.